The van der Waals surface area contributed by atoms with Crippen LogP contribution in [0.2, 0.25) is 0 Å². The number of aromatic nitrogens is 2. The van der Waals surface area contributed by atoms with E-state index >= 15 is 0 Å². The van der Waals surface area contributed by atoms with Crippen LogP contribution >= 0.6 is 0 Å². The number of carbonyl (C=O) groups is 3. The molecular weight excluding hydrogens is 691 g/mol. The number of rotatable bonds is 13. The average Bonchev–Trinajstić information content (AvgIpc) is 3.06. The number of phenols is 2. The van der Waals surface area contributed by atoms with E-state index in [1.807, 2.05) is 60.7 Å². The zero-order chi connectivity index (χ0) is 37.5. The van der Waals surface area contributed by atoms with Crippen LogP contribution < -0.4 is 15.3 Å². The standard InChI is InChI=1S/C34H40N2O2.3C2H4O2.Mn/c1-3-5-7-9-13-25-15-11-17-29(33(25)37)27-19-21-31(35-23-27)32-22-20-28(24-36-32)30-18-12-16-26(34(30)38)14-10-8-6-4-2;3*1-2(3)4;/h11-12,15-24,37-38H,3-10,13-14H2,1-2H3;3*1H3,(H,3,4);/q;;;;+3/p-3. The van der Waals surface area contributed by atoms with E-state index in [-0.39, 0.29) is 17.1 Å². The summed E-state index contributed by atoms with van der Waals surface area (Å²) in [5.74, 6) is -2.54. The van der Waals surface area contributed by atoms with Crippen molar-refractivity contribution in [3.8, 4) is 45.1 Å². The minimum atomic E-state index is -1.08. The number of aryl methyl sites for hydroxylation is 2. The van der Waals surface area contributed by atoms with Crippen molar-refractivity contribution >= 4 is 17.9 Å². The Morgan fingerprint density at radius 2 is 0.882 bits per heavy atom. The van der Waals surface area contributed by atoms with Gasteiger partial charge < -0.3 is 39.9 Å². The van der Waals surface area contributed by atoms with Crippen molar-refractivity contribution in [2.75, 3.05) is 0 Å². The van der Waals surface area contributed by atoms with E-state index < -0.39 is 17.9 Å². The summed E-state index contributed by atoms with van der Waals surface area (Å²) in [6.07, 6.45) is 14.8. The van der Waals surface area contributed by atoms with E-state index in [4.69, 9.17) is 29.7 Å². The Labute approximate surface area is 312 Å². The molecule has 2 aromatic carbocycles. The first kappa shape index (κ1) is 46.3. The topological polar surface area (TPSA) is 187 Å². The largest absolute Gasteiger partial charge is 3.00 e. The van der Waals surface area contributed by atoms with Crippen LogP contribution in [0.15, 0.2) is 73.1 Å². The molecule has 4 aromatic rings. The molecule has 11 heteroatoms. The van der Waals surface area contributed by atoms with Crippen molar-refractivity contribution in [3.63, 3.8) is 0 Å². The minimum absolute atomic E-state index is 0. The molecular formula is C40H49MnN2O8. The van der Waals surface area contributed by atoms with Crippen LogP contribution in [-0.2, 0) is 44.3 Å². The second kappa shape index (κ2) is 26.1. The molecule has 0 saturated heterocycles. The molecule has 0 aliphatic rings. The van der Waals surface area contributed by atoms with Crippen LogP contribution in [-0.4, -0.2) is 38.1 Å². The Hall–Kier alpha value is -4.73. The Morgan fingerprint density at radius 1 is 0.549 bits per heavy atom. The van der Waals surface area contributed by atoms with Gasteiger partial charge in [-0.25, -0.2) is 0 Å². The van der Waals surface area contributed by atoms with Gasteiger partial charge in [-0.3, -0.25) is 9.97 Å². The Kier molecular flexibility index (Phi) is 23.7. The number of benzene rings is 2. The van der Waals surface area contributed by atoms with Gasteiger partial charge in [-0.05, 0) is 69.7 Å². The van der Waals surface area contributed by atoms with Crippen molar-refractivity contribution in [1.82, 2.24) is 9.97 Å². The smallest absolute Gasteiger partial charge is 0.550 e. The number of aromatic hydroxyl groups is 2. The maximum atomic E-state index is 10.9. The number of hydrogen-bond donors (Lipinski definition) is 2. The van der Waals surface area contributed by atoms with Gasteiger partial charge >= 0.3 is 17.1 Å². The molecule has 0 saturated carbocycles. The van der Waals surface area contributed by atoms with E-state index in [0.29, 0.717) is 11.5 Å². The molecule has 0 aliphatic carbocycles. The molecule has 2 N–H and O–H groups in total. The summed E-state index contributed by atoms with van der Waals surface area (Å²) < 4.78 is 0. The third-order valence-corrected chi connectivity index (χ3v) is 7.25. The number of phenolic OH excluding ortho intramolecular Hbond substituents is 2. The van der Waals surface area contributed by atoms with Crippen LogP contribution in [0.25, 0.3) is 33.6 Å². The molecule has 0 atom stereocenters. The Morgan fingerprint density at radius 3 is 1.16 bits per heavy atom. The first-order valence-electron chi connectivity index (χ1n) is 16.9. The Bertz CT molecular complexity index is 1470. The second-order valence-corrected chi connectivity index (χ2v) is 11.6. The van der Waals surface area contributed by atoms with Crippen molar-refractivity contribution in [2.45, 2.75) is 98.8 Å². The normalized spacial score (nSPS) is 9.75. The molecule has 0 aliphatic heterocycles. The molecule has 274 valence electrons. The number of carboxylic acid groups (broad SMARTS) is 3. The van der Waals surface area contributed by atoms with Gasteiger partial charge in [0.05, 0.1) is 11.4 Å². The molecule has 0 radical (unpaired) electrons. The molecule has 0 spiro atoms. The fourth-order valence-corrected chi connectivity index (χ4v) is 4.95. The summed E-state index contributed by atoms with van der Waals surface area (Å²) in [7, 11) is 0. The molecule has 2 heterocycles. The SMILES string of the molecule is CC(=O)[O-].CC(=O)[O-].CC(=O)[O-].CCCCCCc1cccc(-c2ccc(-c3ccc(-c4cccc(CCCCCC)c4O)cn3)nc2)c1O.[Mn+3]. The van der Waals surface area contributed by atoms with Gasteiger partial charge in [0.2, 0.25) is 0 Å². The fourth-order valence-electron chi connectivity index (χ4n) is 4.95. The van der Waals surface area contributed by atoms with Crippen molar-refractivity contribution in [1.29, 1.82) is 0 Å². The van der Waals surface area contributed by atoms with E-state index in [0.717, 1.165) is 91.2 Å². The van der Waals surface area contributed by atoms with Gasteiger partial charge in [-0.1, -0.05) is 101 Å². The first-order chi connectivity index (χ1) is 23.8. The van der Waals surface area contributed by atoms with E-state index in [2.05, 4.69) is 23.8 Å². The van der Waals surface area contributed by atoms with Crippen LogP contribution in [0, 0.1) is 0 Å². The van der Waals surface area contributed by atoms with Gasteiger partial charge in [0, 0.05) is 52.6 Å². The van der Waals surface area contributed by atoms with Gasteiger partial charge in [0.25, 0.3) is 0 Å². The first-order valence-corrected chi connectivity index (χ1v) is 16.9. The molecule has 10 nitrogen and oxygen atoms in total. The summed E-state index contributed by atoms with van der Waals surface area (Å²) in [4.78, 5) is 36.0. The molecule has 0 unspecified atom stereocenters. The van der Waals surface area contributed by atoms with Gasteiger partial charge in [0.15, 0.2) is 0 Å². The molecule has 2 aromatic heterocycles. The number of carbonyl (C=O) groups excluding carboxylic acids is 3. The predicted molar refractivity (Wildman–Crippen MR) is 189 cm³/mol. The summed E-state index contributed by atoms with van der Waals surface area (Å²) in [5, 5.41) is 48.4. The van der Waals surface area contributed by atoms with E-state index in [1.54, 1.807) is 12.4 Å². The third-order valence-electron chi connectivity index (χ3n) is 7.25. The van der Waals surface area contributed by atoms with Gasteiger partial charge in [-0.15, -0.1) is 0 Å². The summed E-state index contributed by atoms with van der Waals surface area (Å²) in [5.41, 5.74) is 6.92. The number of carboxylic acids is 3. The van der Waals surface area contributed by atoms with Crippen molar-refractivity contribution in [3.05, 3.63) is 84.2 Å². The number of nitrogens with zero attached hydrogens (tertiary/aromatic N) is 2. The molecule has 0 bridgehead atoms. The van der Waals surface area contributed by atoms with E-state index in [9.17, 15) is 10.2 Å². The van der Waals surface area contributed by atoms with Crippen LogP contribution in [0.5, 0.6) is 11.5 Å². The zero-order valence-corrected chi connectivity index (χ0v) is 31.3. The average molecular weight is 741 g/mol. The zero-order valence-electron chi connectivity index (χ0n) is 30.1. The van der Waals surface area contributed by atoms with Crippen molar-refractivity contribution < 1.29 is 57.0 Å². The van der Waals surface area contributed by atoms with E-state index in [1.165, 1.54) is 38.5 Å². The summed E-state index contributed by atoms with van der Waals surface area (Å²) >= 11 is 0. The Balaban J connectivity index is 0.00000167. The number of pyridine rings is 2. The minimum Gasteiger partial charge on any atom is -0.550 e. The molecule has 4 rings (SSSR count). The number of hydrogen-bond acceptors (Lipinski definition) is 10. The van der Waals surface area contributed by atoms with Gasteiger partial charge in [0.1, 0.15) is 11.5 Å². The number of para-hydroxylation sites is 2. The predicted octanol–water partition coefficient (Wildman–Crippen LogP) is 5.40. The van der Waals surface area contributed by atoms with Crippen LogP contribution in [0.4, 0.5) is 0 Å². The monoisotopic (exact) mass is 740 g/mol. The van der Waals surface area contributed by atoms with Crippen molar-refractivity contribution in [2.24, 2.45) is 0 Å². The number of aliphatic carboxylic acids is 3. The molecule has 0 fully saturated rings. The number of unbranched alkanes of at least 4 members (excludes halogenated alkanes) is 6. The maximum absolute atomic E-state index is 10.9. The quantitative estimate of drug-likeness (QED) is 0.133. The maximum Gasteiger partial charge on any atom is 3.00 e. The van der Waals surface area contributed by atoms with Crippen LogP contribution in [0.3, 0.4) is 0 Å². The molecule has 0 amide bonds. The fraction of sp³-hybridized carbons (Fsp3) is 0.375. The van der Waals surface area contributed by atoms with Gasteiger partial charge in [-0.2, -0.15) is 0 Å². The summed E-state index contributed by atoms with van der Waals surface area (Å²) in [6, 6.07) is 19.8. The molecule has 51 heavy (non-hydrogen) atoms. The third kappa shape index (κ3) is 18.7. The van der Waals surface area contributed by atoms with Crippen LogP contribution in [0.1, 0.15) is 97.1 Å². The summed E-state index contributed by atoms with van der Waals surface area (Å²) in [6.45, 7) is 7.33. The second-order valence-electron chi connectivity index (χ2n) is 11.6.